The molecule has 1 aliphatic rings. The number of benzene rings is 2. The van der Waals surface area contributed by atoms with E-state index in [9.17, 15) is 13.2 Å². The molecule has 7 heteroatoms. The molecule has 1 saturated heterocycles. The summed E-state index contributed by atoms with van der Waals surface area (Å²) in [6, 6.07) is 12.4. The summed E-state index contributed by atoms with van der Waals surface area (Å²) in [5.74, 6) is 0.424. The molecule has 1 aliphatic heterocycles. The largest absolute Gasteiger partial charge is 0.423 e. The Labute approximate surface area is 165 Å². The van der Waals surface area contributed by atoms with E-state index in [2.05, 4.69) is 13.8 Å². The fourth-order valence-electron chi connectivity index (χ4n) is 3.41. The molecule has 0 spiro atoms. The number of rotatable bonds is 4. The molecular weight excluding hydrogens is 386 g/mol. The predicted octanol–water partition coefficient (Wildman–Crippen LogP) is 4.23. The van der Waals surface area contributed by atoms with Gasteiger partial charge in [-0.1, -0.05) is 31.5 Å². The Morgan fingerprint density at radius 3 is 2.30 bits per heavy atom. The minimum atomic E-state index is -3.57. The van der Waals surface area contributed by atoms with Crippen LogP contribution >= 0.6 is 11.6 Å². The summed E-state index contributed by atoms with van der Waals surface area (Å²) < 4.78 is 32.6. The second kappa shape index (κ2) is 8.00. The summed E-state index contributed by atoms with van der Waals surface area (Å²) in [7, 11) is -3.57. The highest BCUT2D eigenvalue weighted by Gasteiger charge is 2.31. The normalized spacial score (nSPS) is 21.0. The average Bonchev–Trinajstić information content (AvgIpc) is 2.61. The number of nitrogens with zero attached hydrogens (tertiary/aromatic N) is 1. The summed E-state index contributed by atoms with van der Waals surface area (Å²) in [6.45, 7) is 5.16. The Morgan fingerprint density at radius 1 is 1.07 bits per heavy atom. The van der Waals surface area contributed by atoms with Gasteiger partial charge in [0.25, 0.3) is 0 Å². The SMILES string of the molecule is C[C@@H]1C[C@@H](C)CN(S(=O)(=O)c2ccc(C(=O)Oc3cccc(Cl)c3)cc2)C1. The molecule has 0 aliphatic carbocycles. The van der Waals surface area contributed by atoms with Crippen LogP contribution in [0.3, 0.4) is 0 Å². The molecule has 0 aromatic heterocycles. The van der Waals surface area contributed by atoms with Gasteiger partial charge in [-0.05, 0) is 60.7 Å². The Kier molecular flexibility index (Phi) is 5.89. The van der Waals surface area contributed by atoms with E-state index in [1.807, 2.05) is 0 Å². The minimum Gasteiger partial charge on any atom is -0.423 e. The number of carbonyl (C=O) groups is 1. The van der Waals surface area contributed by atoms with Gasteiger partial charge in [-0.3, -0.25) is 0 Å². The van der Waals surface area contributed by atoms with E-state index >= 15 is 0 Å². The van der Waals surface area contributed by atoms with Crippen LogP contribution in [0.2, 0.25) is 5.02 Å². The molecule has 0 bridgehead atoms. The van der Waals surface area contributed by atoms with Gasteiger partial charge in [-0.15, -0.1) is 0 Å². The fourth-order valence-corrected chi connectivity index (χ4v) is 5.27. The number of halogens is 1. The van der Waals surface area contributed by atoms with Crippen molar-refractivity contribution in [1.82, 2.24) is 4.31 Å². The number of piperidine rings is 1. The van der Waals surface area contributed by atoms with Gasteiger partial charge in [-0.25, -0.2) is 13.2 Å². The summed E-state index contributed by atoms with van der Waals surface area (Å²) in [4.78, 5) is 12.4. The standard InChI is InChI=1S/C20H22ClNO4S/c1-14-10-15(2)13-22(12-14)27(24,25)19-8-6-16(7-9-19)20(23)26-18-5-3-4-17(21)11-18/h3-9,11,14-15H,10,12-13H2,1-2H3/t14-,15-/m1/s1. The van der Waals surface area contributed by atoms with Gasteiger partial charge in [0.2, 0.25) is 10.0 Å². The van der Waals surface area contributed by atoms with Gasteiger partial charge in [0.15, 0.2) is 0 Å². The van der Waals surface area contributed by atoms with Gasteiger partial charge in [0, 0.05) is 18.1 Å². The first-order chi connectivity index (χ1) is 12.8. The Bertz CT molecular complexity index is 917. The number of hydrogen-bond acceptors (Lipinski definition) is 4. The zero-order valence-corrected chi connectivity index (χ0v) is 16.8. The highest BCUT2D eigenvalue weighted by Crippen LogP contribution is 2.27. The molecule has 0 saturated carbocycles. The number of hydrogen-bond donors (Lipinski definition) is 0. The Morgan fingerprint density at radius 2 is 1.70 bits per heavy atom. The average molecular weight is 408 g/mol. The molecule has 0 N–H and O–H groups in total. The monoisotopic (exact) mass is 407 g/mol. The Hall–Kier alpha value is -1.89. The highest BCUT2D eigenvalue weighted by atomic mass is 35.5. The zero-order chi connectivity index (χ0) is 19.6. The van der Waals surface area contributed by atoms with Crippen LogP contribution in [0.5, 0.6) is 5.75 Å². The van der Waals surface area contributed by atoms with Crippen LogP contribution in [-0.2, 0) is 10.0 Å². The van der Waals surface area contributed by atoms with E-state index in [1.54, 1.807) is 18.2 Å². The molecule has 0 unspecified atom stereocenters. The summed E-state index contributed by atoms with van der Waals surface area (Å²) in [5, 5.41) is 0.465. The molecule has 1 fully saturated rings. The molecule has 0 radical (unpaired) electrons. The molecule has 2 atom stereocenters. The van der Waals surface area contributed by atoms with Gasteiger partial charge in [0.05, 0.1) is 10.5 Å². The quantitative estimate of drug-likeness (QED) is 0.562. The van der Waals surface area contributed by atoms with Gasteiger partial charge >= 0.3 is 5.97 Å². The van der Waals surface area contributed by atoms with Crippen molar-refractivity contribution >= 4 is 27.6 Å². The van der Waals surface area contributed by atoms with E-state index in [0.717, 1.165) is 6.42 Å². The van der Waals surface area contributed by atoms with E-state index in [-0.39, 0.29) is 10.5 Å². The van der Waals surface area contributed by atoms with Crippen LogP contribution < -0.4 is 4.74 Å². The molecular formula is C20H22ClNO4S. The number of carbonyl (C=O) groups excluding carboxylic acids is 1. The first-order valence-corrected chi connectivity index (χ1v) is 10.7. The van der Waals surface area contributed by atoms with Crippen LogP contribution in [0.1, 0.15) is 30.6 Å². The summed E-state index contributed by atoms with van der Waals surface area (Å²) >= 11 is 5.88. The van der Waals surface area contributed by atoms with Crippen molar-refractivity contribution in [3.8, 4) is 5.75 Å². The smallest absolute Gasteiger partial charge is 0.343 e. The number of sulfonamides is 1. The van der Waals surface area contributed by atoms with Crippen LogP contribution in [0.25, 0.3) is 0 Å². The molecule has 2 aromatic rings. The van der Waals surface area contributed by atoms with E-state index < -0.39 is 16.0 Å². The van der Waals surface area contributed by atoms with Crippen molar-refractivity contribution in [2.45, 2.75) is 25.2 Å². The van der Waals surface area contributed by atoms with Crippen molar-refractivity contribution in [3.05, 3.63) is 59.1 Å². The molecule has 144 valence electrons. The third-order valence-electron chi connectivity index (χ3n) is 4.57. The molecule has 2 aromatic carbocycles. The second-order valence-corrected chi connectivity index (χ2v) is 9.51. The van der Waals surface area contributed by atoms with Crippen molar-refractivity contribution in [2.75, 3.05) is 13.1 Å². The topological polar surface area (TPSA) is 63.7 Å². The predicted molar refractivity (Wildman–Crippen MR) is 105 cm³/mol. The lowest BCUT2D eigenvalue weighted by atomic mass is 9.94. The molecule has 5 nitrogen and oxygen atoms in total. The lowest BCUT2D eigenvalue weighted by Gasteiger charge is -2.34. The lowest BCUT2D eigenvalue weighted by molar-refractivity contribution is 0.0734. The number of ether oxygens (including phenoxy) is 1. The third-order valence-corrected chi connectivity index (χ3v) is 6.65. The summed E-state index contributed by atoms with van der Waals surface area (Å²) in [6.07, 6.45) is 1.03. The van der Waals surface area contributed by atoms with Crippen LogP contribution in [0, 0.1) is 11.8 Å². The van der Waals surface area contributed by atoms with Crippen molar-refractivity contribution in [1.29, 1.82) is 0 Å². The maximum Gasteiger partial charge on any atom is 0.343 e. The molecule has 1 heterocycles. The van der Waals surface area contributed by atoms with Crippen LogP contribution in [-0.4, -0.2) is 31.8 Å². The van der Waals surface area contributed by atoms with E-state index in [1.165, 1.54) is 34.6 Å². The highest BCUT2D eigenvalue weighted by molar-refractivity contribution is 7.89. The first kappa shape index (κ1) is 19.9. The second-order valence-electron chi connectivity index (χ2n) is 7.14. The summed E-state index contributed by atoms with van der Waals surface area (Å²) in [5.41, 5.74) is 0.273. The van der Waals surface area contributed by atoms with Gasteiger partial charge < -0.3 is 4.74 Å². The lowest BCUT2D eigenvalue weighted by Crippen LogP contribution is -2.42. The van der Waals surface area contributed by atoms with E-state index in [4.69, 9.17) is 16.3 Å². The zero-order valence-electron chi connectivity index (χ0n) is 15.3. The molecule has 3 rings (SSSR count). The number of esters is 1. The van der Waals surface area contributed by atoms with Crippen LogP contribution in [0.4, 0.5) is 0 Å². The van der Waals surface area contributed by atoms with Gasteiger partial charge in [-0.2, -0.15) is 4.31 Å². The molecule has 0 amide bonds. The minimum absolute atomic E-state index is 0.183. The van der Waals surface area contributed by atoms with E-state index in [0.29, 0.717) is 35.7 Å². The Balaban J connectivity index is 1.75. The van der Waals surface area contributed by atoms with Crippen molar-refractivity contribution < 1.29 is 17.9 Å². The maximum atomic E-state index is 12.9. The van der Waals surface area contributed by atoms with Crippen molar-refractivity contribution in [3.63, 3.8) is 0 Å². The third kappa shape index (κ3) is 4.69. The van der Waals surface area contributed by atoms with Gasteiger partial charge in [0.1, 0.15) is 5.75 Å². The first-order valence-electron chi connectivity index (χ1n) is 8.83. The fraction of sp³-hybridized carbons (Fsp3) is 0.350. The van der Waals surface area contributed by atoms with Crippen molar-refractivity contribution in [2.24, 2.45) is 11.8 Å². The maximum absolute atomic E-state index is 12.9. The van der Waals surface area contributed by atoms with Crippen LogP contribution in [0.15, 0.2) is 53.4 Å². The molecule has 27 heavy (non-hydrogen) atoms.